The lowest BCUT2D eigenvalue weighted by Gasteiger charge is -2.31. The lowest BCUT2D eigenvalue weighted by Crippen LogP contribution is -2.47. The van der Waals surface area contributed by atoms with Crippen molar-refractivity contribution in [2.75, 3.05) is 58.2 Å². The molecule has 7 nitrogen and oxygen atoms in total. The molecule has 3 rings (SSSR count). The minimum atomic E-state index is -3.48. The van der Waals surface area contributed by atoms with Gasteiger partial charge in [0.25, 0.3) is 0 Å². The molecule has 0 aromatic carbocycles. The molecule has 9 heteroatoms. The third-order valence-electron chi connectivity index (χ3n) is 5.49. The number of sulfonamides is 1. The van der Waals surface area contributed by atoms with E-state index in [-0.39, 0.29) is 10.9 Å². The predicted molar refractivity (Wildman–Crippen MR) is 119 cm³/mol. The van der Waals surface area contributed by atoms with E-state index < -0.39 is 10.0 Å². The van der Waals surface area contributed by atoms with Gasteiger partial charge in [-0.05, 0) is 54.7 Å². The van der Waals surface area contributed by atoms with Crippen molar-refractivity contribution in [1.82, 2.24) is 19.1 Å². The summed E-state index contributed by atoms with van der Waals surface area (Å²) in [5.41, 5.74) is 1.29. The van der Waals surface area contributed by atoms with Crippen molar-refractivity contribution in [2.24, 2.45) is 0 Å². The second-order valence-corrected chi connectivity index (χ2v) is 9.98. The van der Waals surface area contributed by atoms with Gasteiger partial charge in [-0.25, -0.2) is 13.4 Å². The highest BCUT2D eigenvalue weighted by Gasteiger charge is 2.27. The Hall–Kier alpha value is -1.52. The topological polar surface area (TPSA) is 68.8 Å². The van der Waals surface area contributed by atoms with E-state index >= 15 is 0 Å². The van der Waals surface area contributed by atoms with Crippen molar-refractivity contribution in [2.45, 2.75) is 24.8 Å². The molecule has 1 aliphatic rings. The molecule has 1 unspecified atom stereocenters. The van der Waals surface area contributed by atoms with Crippen LogP contribution in [0.3, 0.4) is 0 Å². The van der Waals surface area contributed by atoms with Gasteiger partial charge in [0.05, 0.1) is 6.04 Å². The molecule has 1 atom stereocenters. The Morgan fingerprint density at radius 3 is 2.45 bits per heavy atom. The average Bonchev–Trinajstić information content (AvgIpc) is 3.26. The van der Waals surface area contributed by atoms with Crippen LogP contribution in [0.2, 0.25) is 0 Å². The van der Waals surface area contributed by atoms with Crippen LogP contribution in [0, 0.1) is 0 Å². The normalized spacial score (nSPS) is 17.5. The largest absolute Gasteiger partial charge is 0.368 e. The number of thiophene rings is 1. The third kappa shape index (κ3) is 5.35. The number of likely N-dealkylation sites (N-methyl/N-ethyl adjacent to an activating group) is 2. The Labute approximate surface area is 178 Å². The standard InChI is InChI=1S/C20H31N5O2S2/c1-4-24(5-2)19(17-8-13-28-16-17)15-22-20-7-6-18(14-21-20)29(26,27)25-11-9-23(3)10-12-25/h6-8,13-14,16,19H,4-5,9-12,15H2,1-3H3,(H,21,22). The van der Waals surface area contributed by atoms with E-state index in [0.717, 1.165) is 32.7 Å². The van der Waals surface area contributed by atoms with Crippen LogP contribution in [-0.2, 0) is 10.0 Å². The Kier molecular flexibility index (Phi) is 7.64. The summed E-state index contributed by atoms with van der Waals surface area (Å²) in [6.07, 6.45) is 1.47. The molecule has 0 aliphatic carbocycles. The smallest absolute Gasteiger partial charge is 0.244 e. The van der Waals surface area contributed by atoms with E-state index in [1.165, 1.54) is 11.8 Å². The summed E-state index contributed by atoms with van der Waals surface area (Å²) >= 11 is 1.70. The Morgan fingerprint density at radius 1 is 1.17 bits per heavy atom. The van der Waals surface area contributed by atoms with Gasteiger partial charge in [0.2, 0.25) is 10.0 Å². The molecule has 3 heterocycles. The molecule has 2 aromatic rings. The fraction of sp³-hybridized carbons (Fsp3) is 0.550. The number of nitrogens with zero attached hydrogens (tertiary/aromatic N) is 4. The van der Waals surface area contributed by atoms with Gasteiger partial charge in [0.15, 0.2) is 0 Å². The zero-order valence-electron chi connectivity index (χ0n) is 17.4. The van der Waals surface area contributed by atoms with Crippen LogP contribution in [-0.4, -0.2) is 80.4 Å². The maximum absolute atomic E-state index is 12.8. The van der Waals surface area contributed by atoms with Crippen LogP contribution in [0.5, 0.6) is 0 Å². The molecule has 0 spiro atoms. The van der Waals surface area contributed by atoms with Crippen molar-refractivity contribution in [3.63, 3.8) is 0 Å². The van der Waals surface area contributed by atoms with Crippen LogP contribution in [0.25, 0.3) is 0 Å². The zero-order chi connectivity index (χ0) is 20.9. The van der Waals surface area contributed by atoms with Crippen LogP contribution in [0.4, 0.5) is 5.82 Å². The first kappa shape index (κ1) is 22.2. The number of aromatic nitrogens is 1. The Morgan fingerprint density at radius 2 is 1.90 bits per heavy atom. The molecular weight excluding hydrogens is 406 g/mol. The van der Waals surface area contributed by atoms with E-state index in [4.69, 9.17) is 0 Å². The molecule has 0 saturated carbocycles. The van der Waals surface area contributed by atoms with Crippen molar-refractivity contribution < 1.29 is 8.42 Å². The van der Waals surface area contributed by atoms with Gasteiger partial charge in [-0.15, -0.1) is 0 Å². The number of pyridine rings is 1. The highest BCUT2D eigenvalue weighted by molar-refractivity contribution is 7.89. The van der Waals surface area contributed by atoms with Gasteiger partial charge in [-0.1, -0.05) is 13.8 Å². The zero-order valence-corrected chi connectivity index (χ0v) is 19.0. The summed E-state index contributed by atoms with van der Waals surface area (Å²) in [5, 5.41) is 7.67. The van der Waals surface area contributed by atoms with E-state index in [1.807, 2.05) is 7.05 Å². The maximum Gasteiger partial charge on any atom is 0.244 e. The summed E-state index contributed by atoms with van der Waals surface area (Å²) < 4.78 is 27.2. The molecule has 0 radical (unpaired) electrons. The van der Waals surface area contributed by atoms with Gasteiger partial charge in [-0.3, -0.25) is 4.90 Å². The molecule has 1 fully saturated rings. The number of anilines is 1. The van der Waals surface area contributed by atoms with Crippen LogP contribution in [0.15, 0.2) is 40.1 Å². The van der Waals surface area contributed by atoms with Gasteiger partial charge < -0.3 is 10.2 Å². The molecular formula is C20H31N5O2S2. The van der Waals surface area contributed by atoms with Gasteiger partial charge >= 0.3 is 0 Å². The van der Waals surface area contributed by atoms with Crippen molar-refractivity contribution in [3.05, 3.63) is 40.7 Å². The number of hydrogen-bond acceptors (Lipinski definition) is 7. The highest BCUT2D eigenvalue weighted by Crippen LogP contribution is 2.24. The van der Waals surface area contributed by atoms with Crippen LogP contribution < -0.4 is 5.32 Å². The van der Waals surface area contributed by atoms with E-state index in [1.54, 1.807) is 27.8 Å². The molecule has 1 saturated heterocycles. The Balaban J connectivity index is 1.66. The minimum absolute atomic E-state index is 0.255. The quantitative estimate of drug-likeness (QED) is 0.650. The fourth-order valence-electron chi connectivity index (χ4n) is 3.60. The molecule has 1 aliphatic heterocycles. The monoisotopic (exact) mass is 437 g/mol. The summed E-state index contributed by atoms with van der Waals surface area (Å²) in [7, 11) is -1.47. The lowest BCUT2D eigenvalue weighted by molar-refractivity contribution is 0.222. The lowest BCUT2D eigenvalue weighted by atomic mass is 10.1. The summed E-state index contributed by atoms with van der Waals surface area (Å²) in [6.45, 7) is 9.52. The van der Waals surface area contributed by atoms with E-state index in [2.05, 4.69) is 50.8 Å². The van der Waals surface area contributed by atoms with Crippen molar-refractivity contribution >= 4 is 27.2 Å². The fourth-order valence-corrected chi connectivity index (χ4v) is 5.68. The number of hydrogen-bond donors (Lipinski definition) is 1. The predicted octanol–water partition coefficient (Wildman–Crippen LogP) is 2.57. The number of piperazine rings is 1. The number of rotatable bonds is 9. The first-order valence-electron chi connectivity index (χ1n) is 10.1. The van der Waals surface area contributed by atoms with E-state index in [9.17, 15) is 8.42 Å². The van der Waals surface area contributed by atoms with Crippen molar-refractivity contribution in [1.29, 1.82) is 0 Å². The second kappa shape index (κ2) is 9.99. The molecule has 2 aromatic heterocycles. The van der Waals surface area contributed by atoms with Crippen molar-refractivity contribution in [3.8, 4) is 0 Å². The maximum atomic E-state index is 12.8. The first-order valence-corrected chi connectivity index (χ1v) is 12.5. The van der Waals surface area contributed by atoms with Crippen LogP contribution >= 0.6 is 11.3 Å². The molecule has 160 valence electrons. The summed E-state index contributed by atoms with van der Waals surface area (Å²) in [5.74, 6) is 0.690. The summed E-state index contributed by atoms with van der Waals surface area (Å²) in [4.78, 5) is 9.17. The van der Waals surface area contributed by atoms with Crippen LogP contribution in [0.1, 0.15) is 25.5 Å². The molecule has 1 N–H and O–H groups in total. The third-order valence-corrected chi connectivity index (χ3v) is 8.08. The Bertz CT molecular complexity index is 844. The van der Waals surface area contributed by atoms with Gasteiger partial charge in [-0.2, -0.15) is 15.6 Å². The second-order valence-electron chi connectivity index (χ2n) is 7.26. The number of nitrogens with one attached hydrogen (secondary N) is 1. The van der Waals surface area contributed by atoms with Gasteiger partial charge in [0.1, 0.15) is 10.7 Å². The summed E-state index contributed by atoms with van der Waals surface area (Å²) in [6, 6.07) is 5.83. The highest BCUT2D eigenvalue weighted by atomic mass is 32.2. The van der Waals surface area contributed by atoms with Gasteiger partial charge in [0, 0.05) is 38.9 Å². The molecule has 0 bridgehead atoms. The SMILES string of the molecule is CCN(CC)C(CNc1ccc(S(=O)(=O)N2CCN(C)CC2)cn1)c1ccsc1. The molecule has 0 amide bonds. The minimum Gasteiger partial charge on any atom is -0.368 e. The first-order chi connectivity index (χ1) is 14.0. The van der Waals surface area contributed by atoms with E-state index in [0.29, 0.717) is 18.9 Å². The molecule has 29 heavy (non-hydrogen) atoms. The average molecular weight is 438 g/mol.